The number of carbonyl (C=O) groups is 3. The van der Waals surface area contributed by atoms with E-state index in [0.29, 0.717) is 10.8 Å². The van der Waals surface area contributed by atoms with E-state index < -0.39 is 39.9 Å². The minimum atomic E-state index is -6.04. The number of benzene rings is 2. The summed E-state index contributed by atoms with van der Waals surface area (Å²) in [6, 6.07) is 8.81. The Morgan fingerprint density at radius 2 is 1.53 bits per heavy atom. The molecule has 0 aliphatic rings. The molecule has 0 fully saturated rings. The van der Waals surface area contributed by atoms with Crippen LogP contribution >= 0.6 is 0 Å². The monoisotopic (exact) mass is 444 g/mol. The van der Waals surface area contributed by atoms with Crippen LogP contribution in [0, 0.1) is 0 Å². The molecular formula is C18H14F2O9S. The first-order valence-electron chi connectivity index (χ1n) is 7.95. The van der Waals surface area contributed by atoms with Gasteiger partial charge in [0.05, 0.1) is 0 Å². The van der Waals surface area contributed by atoms with Crippen LogP contribution in [0.15, 0.2) is 48.6 Å². The molecule has 0 aliphatic heterocycles. The number of esters is 3. The fraction of sp³-hybridized carbons (Fsp3) is 0.167. The summed E-state index contributed by atoms with van der Waals surface area (Å²) in [6.45, 7) is 3.64. The first kappa shape index (κ1) is 22.9. The zero-order chi connectivity index (χ0) is 22.7. The van der Waals surface area contributed by atoms with Gasteiger partial charge in [0.2, 0.25) is 0 Å². The van der Waals surface area contributed by atoms with Crippen molar-refractivity contribution in [2.75, 3.05) is 6.61 Å². The molecule has 12 heteroatoms. The molecule has 2 aromatic rings. The number of alkyl halides is 2. The normalized spacial score (nSPS) is 11.6. The van der Waals surface area contributed by atoms with Crippen LogP contribution < -0.4 is 9.47 Å². The Morgan fingerprint density at radius 1 is 1.03 bits per heavy atom. The van der Waals surface area contributed by atoms with Crippen molar-refractivity contribution >= 4 is 38.8 Å². The van der Waals surface area contributed by atoms with Crippen LogP contribution in [0.4, 0.5) is 8.78 Å². The summed E-state index contributed by atoms with van der Waals surface area (Å²) in [5.74, 6) is -4.28. The number of ether oxygens (including phenoxy) is 3. The smallest absolute Gasteiger partial charge is 0.448 e. The molecule has 0 atom stereocenters. The third-order valence-electron chi connectivity index (χ3n) is 3.46. The molecule has 0 aromatic heterocycles. The Labute approximate surface area is 168 Å². The molecule has 0 heterocycles. The highest BCUT2D eigenvalue weighted by Crippen LogP contribution is 2.26. The van der Waals surface area contributed by atoms with Gasteiger partial charge < -0.3 is 14.2 Å². The average molecular weight is 444 g/mol. The summed E-state index contributed by atoms with van der Waals surface area (Å²) >= 11 is 0. The predicted molar refractivity (Wildman–Crippen MR) is 97.5 cm³/mol. The second-order valence-electron chi connectivity index (χ2n) is 5.88. The molecule has 0 amide bonds. The number of fused-ring (bicyclic) bond motifs is 1. The average Bonchev–Trinajstić information content (AvgIpc) is 2.65. The van der Waals surface area contributed by atoms with Gasteiger partial charge in [-0.3, -0.25) is 4.55 Å². The highest BCUT2D eigenvalue weighted by Gasteiger charge is 2.54. The van der Waals surface area contributed by atoms with Gasteiger partial charge in [-0.2, -0.15) is 17.2 Å². The molecular weight excluding hydrogens is 430 g/mol. The van der Waals surface area contributed by atoms with Crippen molar-refractivity contribution in [3.8, 4) is 11.5 Å². The zero-order valence-electron chi connectivity index (χ0n) is 15.3. The molecule has 9 nitrogen and oxygen atoms in total. The van der Waals surface area contributed by atoms with Gasteiger partial charge >= 0.3 is 33.3 Å². The molecule has 0 bridgehead atoms. The second kappa shape index (κ2) is 8.55. The predicted octanol–water partition coefficient (Wildman–Crippen LogP) is 2.25. The Bertz CT molecular complexity index is 1140. The highest BCUT2D eigenvalue weighted by atomic mass is 32.2. The van der Waals surface area contributed by atoms with E-state index in [0.717, 1.165) is 0 Å². The molecule has 0 saturated carbocycles. The van der Waals surface area contributed by atoms with E-state index in [2.05, 4.69) is 11.3 Å². The fourth-order valence-electron chi connectivity index (χ4n) is 2.00. The number of rotatable bonds is 7. The topological polar surface area (TPSA) is 133 Å². The minimum Gasteiger partial charge on any atom is -0.448 e. The van der Waals surface area contributed by atoms with Crippen LogP contribution in [-0.4, -0.2) is 42.7 Å². The van der Waals surface area contributed by atoms with E-state index in [4.69, 9.17) is 14.0 Å². The standard InChI is InChI=1S/C18H14F2O9S/c1-10(2)16(22)29-14-6-4-11-7-13(5-3-12(11)8-14)28-15(21)9-27-17(23)18(19,20)30(24,25)26/h3-8H,1,9H2,2H3,(H,24,25,26). The van der Waals surface area contributed by atoms with Crippen LogP contribution in [0.2, 0.25) is 0 Å². The lowest BCUT2D eigenvalue weighted by atomic mass is 10.1. The van der Waals surface area contributed by atoms with Gasteiger partial charge in [0, 0.05) is 5.57 Å². The summed E-state index contributed by atoms with van der Waals surface area (Å²) in [6.07, 6.45) is 0. The quantitative estimate of drug-likeness (QED) is 0.295. The molecule has 0 radical (unpaired) electrons. The minimum absolute atomic E-state index is 0.0308. The van der Waals surface area contributed by atoms with Crippen molar-refractivity contribution in [3.05, 3.63) is 48.6 Å². The largest absolute Gasteiger partial charge is 0.465 e. The molecule has 0 saturated heterocycles. The Balaban J connectivity index is 2.04. The van der Waals surface area contributed by atoms with Crippen molar-refractivity contribution < 1.29 is 50.3 Å². The first-order chi connectivity index (χ1) is 13.8. The van der Waals surface area contributed by atoms with Crippen molar-refractivity contribution in [1.29, 1.82) is 0 Å². The van der Waals surface area contributed by atoms with E-state index in [1.165, 1.54) is 31.2 Å². The third-order valence-corrected chi connectivity index (χ3v) is 4.27. The van der Waals surface area contributed by atoms with Crippen molar-refractivity contribution in [2.24, 2.45) is 0 Å². The van der Waals surface area contributed by atoms with Crippen molar-refractivity contribution in [1.82, 2.24) is 0 Å². The van der Waals surface area contributed by atoms with E-state index in [1.807, 2.05) is 0 Å². The maximum atomic E-state index is 13.0. The summed E-state index contributed by atoms with van der Waals surface area (Å²) in [5.41, 5.74) is 0.215. The van der Waals surface area contributed by atoms with Gasteiger partial charge in [-0.15, -0.1) is 0 Å². The van der Waals surface area contributed by atoms with Gasteiger partial charge in [0.15, 0.2) is 6.61 Å². The van der Waals surface area contributed by atoms with Crippen LogP contribution in [0.5, 0.6) is 11.5 Å². The summed E-state index contributed by atoms with van der Waals surface area (Å²) in [5, 5.41) is -4.05. The van der Waals surface area contributed by atoms with Crippen LogP contribution in [0.3, 0.4) is 0 Å². The zero-order valence-corrected chi connectivity index (χ0v) is 16.1. The molecule has 2 rings (SSSR count). The van der Waals surface area contributed by atoms with Gasteiger partial charge in [0.1, 0.15) is 11.5 Å². The fourth-order valence-corrected chi connectivity index (χ4v) is 2.27. The van der Waals surface area contributed by atoms with Crippen LogP contribution in [0.25, 0.3) is 10.8 Å². The summed E-state index contributed by atoms with van der Waals surface area (Å²) < 4.78 is 69.0. The summed E-state index contributed by atoms with van der Waals surface area (Å²) in [7, 11) is -6.04. The van der Waals surface area contributed by atoms with Crippen molar-refractivity contribution in [3.63, 3.8) is 0 Å². The van der Waals surface area contributed by atoms with E-state index in [1.54, 1.807) is 12.1 Å². The lowest BCUT2D eigenvalue weighted by Gasteiger charge is -2.12. The Morgan fingerprint density at radius 3 is 2.00 bits per heavy atom. The van der Waals surface area contributed by atoms with Crippen molar-refractivity contribution in [2.45, 2.75) is 12.2 Å². The SMILES string of the molecule is C=C(C)C(=O)Oc1ccc2cc(OC(=O)COC(=O)C(F)(F)S(=O)(=O)O)ccc2c1. The van der Waals surface area contributed by atoms with Gasteiger partial charge in [-0.25, -0.2) is 14.4 Å². The first-order valence-corrected chi connectivity index (χ1v) is 9.39. The second-order valence-corrected chi connectivity index (χ2v) is 7.35. The number of hydrogen-bond donors (Lipinski definition) is 1. The molecule has 0 spiro atoms. The molecule has 30 heavy (non-hydrogen) atoms. The molecule has 160 valence electrons. The Hall–Kier alpha value is -3.38. The van der Waals surface area contributed by atoms with Crippen LogP contribution in [-0.2, 0) is 29.2 Å². The lowest BCUT2D eigenvalue weighted by Crippen LogP contribution is -2.40. The maximum absolute atomic E-state index is 13.0. The Kier molecular flexibility index (Phi) is 6.53. The van der Waals surface area contributed by atoms with Gasteiger partial charge in [-0.05, 0) is 42.0 Å². The van der Waals surface area contributed by atoms with E-state index in [9.17, 15) is 31.6 Å². The van der Waals surface area contributed by atoms with Gasteiger partial charge in [0.25, 0.3) is 0 Å². The number of carbonyl (C=O) groups excluding carboxylic acids is 3. The molecule has 0 unspecified atom stereocenters. The molecule has 0 aliphatic carbocycles. The van der Waals surface area contributed by atoms with Crippen LogP contribution in [0.1, 0.15) is 6.92 Å². The highest BCUT2D eigenvalue weighted by molar-refractivity contribution is 7.87. The molecule has 2 aromatic carbocycles. The van der Waals surface area contributed by atoms with Gasteiger partial charge in [-0.1, -0.05) is 18.7 Å². The summed E-state index contributed by atoms with van der Waals surface area (Å²) in [4.78, 5) is 34.2. The van der Waals surface area contributed by atoms with E-state index in [-0.39, 0.29) is 17.1 Å². The molecule has 1 N–H and O–H groups in total. The number of halogens is 2. The maximum Gasteiger partial charge on any atom is 0.465 e. The number of hydrogen-bond acceptors (Lipinski definition) is 8. The lowest BCUT2D eigenvalue weighted by molar-refractivity contribution is -0.166. The van der Waals surface area contributed by atoms with E-state index >= 15 is 0 Å². The third kappa shape index (κ3) is 5.36.